The van der Waals surface area contributed by atoms with Crippen LogP contribution < -0.4 is 0 Å². The second-order valence-electron chi connectivity index (χ2n) is 6.33. The lowest BCUT2D eigenvalue weighted by Gasteiger charge is -2.34. The van der Waals surface area contributed by atoms with Crippen molar-refractivity contribution in [3.8, 4) is 0 Å². The first-order chi connectivity index (χ1) is 11.8. The van der Waals surface area contributed by atoms with Gasteiger partial charge in [0.25, 0.3) is 5.91 Å². The average molecular weight is 319 g/mol. The largest absolute Gasteiger partial charge is 0.361 e. The quantitative estimate of drug-likeness (QED) is 0.805. The molecule has 122 valence electrons. The Morgan fingerprint density at radius 3 is 2.54 bits per heavy atom. The smallest absolute Gasteiger partial charge is 0.253 e. The fourth-order valence-electron chi connectivity index (χ4n) is 3.33. The third-order valence-corrected chi connectivity index (χ3v) is 4.70. The molecule has 1 aromatic heterocycles. The Labute approximate surface area is 141 Å². The van der Waals surface area contributed by atoms with Gasteiger partial charge in [-0.2, -0.15) is 0 Å². The minimum Gasteiger partial charge on any atom is -0.361 e. The van der Waals surface area contributed by atoms with E-state index >= 15 is 0 Å². The number of aromatic nitrogens is 1. The zero-order chi connectivity index (χ0) is 16.4. The van der Waals surface area contributed by atoms with Crippen molar-refractivity contribution in [2.75, 3.05) is 26.2 Å². The van der Waals surface area contributed by atoms with Gasteiger partial charge in [-0.25, -0.2) is 0 Å². The molecule has 4 nitrogen and oxygen atoms in total. The average Bonchev–Trinajstić information content (AvgIpc) is 3.10. The van der Waals surface area contributed by atoms with Gasteiger partial charge in [-0.15, -0.1) is 0 Å². The van der Waals surface area contributed by atoms with Crippen molar-refractivity contribution in [3.63, 3.8) is 0 Å². The summed E-state index contributed by atoms with van der Waals surface area (Å²) in [7, 11) is 0. The van der Waals surface area contributed by atoms with Crippen molar-refractivity contribution in [1.29, 1.82) is 0 Å². The predicted octanol–water partition coefficient (Wildman–Crippen LogP) is 3.13. The number of aromatic amines is 1. The van der Waals surface area contributed by atoms with Gasteiger partial charge in [-0.3, -0.25) is 9.69 Å². The van der Waals surface area contributed by atoms with Crippen molar-refractivity contribution in [1.82, 2.24) is 14.8 Å². The van der Waals surface area contributed by atoms with E-state index in [-0.39, 0.29) is 5.91 Å². The number of hydrogen-bond donors (Lipinski definition) is 1. The maximum Gasteiger partial charge on any atom is 0.253 e. The molecule has 24 heavy (non-hydrogen) atoms. The highest BCUT2D eigenvalue weighted by Crippen LogP contribution is 2.17. The Kier molecular flexibility index (Phi) is 4.05. The molecule has 0 unspecified atom stereocenters. The lowest BCUT2D eigenvalue weighted by atomic mass is 10.1. The SMILES string of the molecule is O=C(c1ccccc1)N1CCN(Cc2ccc3[nH]ccc3c2)CC1. The molecule has 1 aliphatic heterocycles. The first kappa shape index (κ1) is 15.0. The Morgan fingerprint density at radius 1 is 0.958 bits per heavy atom. The molecule has 2 heterocycles. The number of H-pyrrole nitrogens is 1. The number of amides is 1. The number of nitrogens with zero attached hydrogens (tertiary/aromatic N) is 2. The van der Waals surface area contributed by atoms with Crippen molar-refractivity contribution in [3.05, 3.63) is 71.9 Å². The molecule has 4 rings (SSSR count). The predicted molar refractivity (Wildman–Crippen MR) is 95.9 cm³/mol. The summed E-state index contributed by atoms with van der Waals surface area (Å²) >= 11 is 0. The highest BCUT2D eigenvalue weighted by atomic mass is 16.2. The lowest BCUT2D eigenvalue weighted by molar-refractivity contribution is 0.0628. The number of carbonyl (C=O) groups excluding carboxylic acids is 1. The van der Waals surface area contributed by atoms with Crippen LogP contribution in [0, 0.1) is 0 Å². The zero-order valence-electron chi connectivity index (χ0n) is 13.6. The Balaban J connectivity index is 1.36. The number of rotatable bonds is 3. The molecule has 1 saturated heterocycles. The van der Waals surface area contributed by atoms with Crippen LogP contribution in [-0.4, -0.2) is 46.9 Å². The minimum atomic E-state index is 0.143. The van der Waals surface area contributed by atoms with Crippen LogP contribution >= 0.6 is 0 Å². The van der Waals surface area contributed by atoms with Crippen LogP contribution in [0.25, 0.3) is 10.9 Å². The fraction of sp³-hybridized carbons (Fsp3) is 0.250. The summed E-state index contributed by atoms with van der Waals surface area (Å²) in [6.45, 7) is 4.36. The third-order valence-electron chi connectivity index (χ3n) is 4.70. The monoisotopic (exact) mass is 319 g/mol. The molecule has 1 fully saturated rings. The summed E-state index contributed by atoms with van der Waals surface area (Å²) < 4.78 is 0. The van der Waals surface area contributed by atoms with Crippen LogP contribution in [0.1, 0.15) is 15.9 Å². The van der Waals surface area contributed by atoms with E-state index in [1.54, 1.807) is 0 Å². The summed E-state index contributed by atoms with van der Waals surface area (Å²) in [4.78, 5) is 20.1. The second kappa shape index (κ2) is 6.49. The van der Waals surface area contributed by atoms with E-state index in [1.807, 2.05) is 41.4 Å². The van der Waals surface area contributed by atoms with Crippen molar-refractivity contribution in [2.24, 2.45) is 0 Å². The number of piperazine rings is 1. The molecular weight excluding hydrogens is 298 g/mol. The first-order valence-corrected chi connectivity index (χ1v) is 8.42. The summed E-state index contributed by atoms with van der Waals surface area (Å²) in [6, 6.07) is 18.2. The van der Waals surface area contributed by atoms with Gasteiger partial charge in [-0.05, 0) is 41.3 Å². The first-order valence-electron chi connectivity index (χ1n) is 8.42. The van der Waals surface area contributed by atoms with Crippen molar-refractivity contribution < 1.29 is 4.79 Å². The molecule has 0 atom stereocenters. The molecule has 1 amide bonds. The molecule has 2 aromatic carbocycles. The number of carbonyl (C=O) groups is 1. The standard InChI is InChI=1S/C20H21N3O/c24-20(17-4-2-1-3-5-17)23-12-10-22(11-13-23)15-16-6-7-19-18(14-16)8-9-21-19/h1-9,14,21H,10-13,15H2. The number of benzene rings is 2. The second-order valence-corrected chi connectivity index (χ2v) is 6.33. The van der Waals surface area contributed by atoms with Gasteiger partial charge < -0.3 is 9.88 Å². The maximum atomic E-state index is 12.5. The molecule has 0 saturated carbocycles. The molecule has 1 N–H and O–H groups in total. The van der Waals surface area contributed by atoms with Crippen LogP contribution in [0.2, 0.25) is 0 Å². The summed E-state index contributed by atoms with van der Waals surface area (Å²) in [5, 5.41) is 1.25. The molecule has 0 radical (unpaired) electrons. The normalized spacial score (nSPS) is 15.8. The van der Waals surface area contributed by atoms with Crippen molar-refractivity contribution >= 4 is 16.8 Å². The van der Waals surface area contributed by atoms with Crippen LogP contribution in [0.15, 0.2) is 60.8 Å². The Morgan fingerprint density at radius 2 is 1.75 bits per heavy atom. The fourth-order valence-corrected chi connectivity index (χ4v) is 3.33. The van der Waals surface area contributed by atoms with Gasteiger partial charge >= 0.3 is 0 Å². The van der Waals surface area contributed by atoms with E-state index in [0.717, 1.165) is 38.3 Å². The van der Waals surface area contributed by atoms with E-state index < -0.39 is 0 Å². The molecule has 0 aliphatic carbocycles. The van der Waals surface area contributed by atoms with Gasteiger partial charge in [-0.1, -0.05) is 24.3 Å². The highest BCUT2D eigenvalue weighted by molar-refractivity contribution is 5.94. The summed E-state index contributed by atoms with van der Waals surface area (Å²) in [6.07, 6.45) is 1.97. The topological polar surface area (TPSA) is 39.3 Å². The van der Waals surface area contributed by atoms with Crippen LogP contribution in [0.5, 0.6) is 0 Å². The van der Waals surface area contributed by atoms with Gasteiger partial charge in [0, 0.05) is 50.0 Å². The molecule has 4 heteroatoms. The van der Waals surface area contributed by atoms with E-state index in [9.17, 15) is 4.79 Å². The van der Waals surface area contributed by atoms with E-state index in [0.29, 0.717) is 0 Å². The van der Waals surface area contributed by atoms with Crippen LogP contribution in [0.4, 0.5) is 0 Å². The van der Waals surface area contributed by atoms with Gasteiger partial charge in [0.05, 0.1) is 0 Å². The summed E-state index contributed by atoms with van der Waals surface area (Å²) in [5.41, 5.74) is 3.28. The van der Waals surface area contributed by atoms with E-state index in [4.69, 9.17) is 0 Å². The van der Waals surface area contributed by atoms with Gasteiger partial charge in [0.1, 0.15) is 0 Å². The number of fused-ring (bicyclic) bond motifs is 1. The van der Waals surface area contributed by atoms with Crippen LogP contribution in [-0.2, 0) is 6.54 Å². The molecule has 1 aliphatic rings. The highest BCUT2D eigenvalue weighted by Gasteiger charge is 2.21. The molecular formula is C20H21N3O. The third kappa shape index (κ3) is 3.05. The van der Waals surface area contributed by atoms with Gasteiger partial charge in [0.2, 0.25) is 0 Å². The van der Waals surface area contributed by atoms with Gasteiger partial charge in [0.15, 0.2) is 0 Å². The Bertz CT molecular complexity index is 832. The number of nitrogens with one attached hydrogen (secondary N) is 1. The number of hydrogen-bond acceptors (Lipinski definition) is 2. The Hall–Kier alpha value is -2.59. The minimum absolute atomic E-state index is 0.143. The maximum absolute atomic E-state index is 12.5. The van der Waals surface area contributed by atoms with Crippen LogP contribution in [0.3, 0.4) is 0 Å². The molecule has 3 aromatic rings. The van der Waals surface area contributed by atoms with E-state index in [1.165, 1.54) is 16.5 Å². The van der Waals surface area contributed by atoms with Crippen molar-refractivity contribution in [2.45, 2.75) is 6.54 Å². The molecule has 0 spiro atoms. The lowest BCUT2D eigenvalue weighted by Crippen LogP contribution is -2.48. The zero-order valence-corrected chi connectivity index (χ0v) is 13.6. The van der Waals surface area contributed by atoms with E-state index in [2.05, 4.69) is 34.1 Å². The summed E-state index contributed by atoms with van der Waals surface area (Å²) in [5.74, 6) is 0.143. The molecule has 0 bridgehead atoms.